The van der Waals surface area contributed by atoms with Crippen molar-refractivity contribution >= 4 is 21.7 Å². The van der Waals surface area contributed by atoms with E-state index in [1.807, 2.05) is 0 Å². The molecule has 8 nitrogen and oxygen atoms in total. The summed E-state index contributed by atoms with van der Waals surface area (Å²) in [7, 11) is -2.50. The molecule has 0 aliphatic rings. The van der Waals surface area contributed by atoms with Crippen LogP contribution < -0.4 is 0 Å². The molecule has 0 aliphatic heterocycles. The average molecular weight is 316 g/mol. The van der Waals surface area contributed by atoms with Crippen molar-refractivity contribution in [1.29, 1.82) is 0 Å². The number of hydrogen-bond donors (Lipinski definition) is 1. The van der Waals surface area contributed by atoms with Crippen molar-refractivity contribution in [3.05, 3.63) is 39.9 Å². The van der Waals surface area contributed by atoms with Crippen molar-refractivity contribution < 1.29 is 23.2 Å². The Morgan fingerprint density at radius 3 is 2.33 bits per heavy atom. The summed E-state index contributed by atoms with van der Waals surface area (Å²) in [6.07, 6.45) is 0.150. The van der Waals surface area contributed by atoms with E-state index in [-0.39, 0.29) is 17.9 Å². The molecule has 1 atom stereocenters. The summed E-state index contributed by atoms with van der Waals surface area (Å²) in [5.41, 5.74) is 0.554. The lowest BCUT2D eigenvalue weighted by molar-refractivity contribution is -0.384. The maximum absolute atomic E-state index is 12.0. The van der Waals surface area contributed by atoms with E-state index in [1.54, 1.807) is 0 Å². The van der Waals surface area contributed by atoms with Gasteiger partial charge < -0.3 is 5.11 Å². The average Bonchev–Trinajstić information content (AvgIpc) is 2.43. The predicted octanol–water partition coefficient (Wildman–Crippen LogP) is 0.872. The van der Waals surface area contributed by atoms with E-state index in [1.165, 1.54) is 38.2 Å². The summed E-state index contributed by atoms with van der Waals surface area (Å²) in [5, 5.41) is 19.3. The van der Waals surface area contributed by atoms with Gasteiger partial charge in [-0.1, -0.05) is 12.1 Å². The third-order valence-corrected chi connectivity index (χ3v) is 5.05. The molecule has 0 heterocycles. The monoisotopic (exact) mass is 316 g/mol. The smallest absolute Gasteiger partial charge is 0.321 e. The highest BCUT2D eigenvalue weighted by atomic mass is 32.2. The first kappa shape index (κ1) is 17.1. The number of rotatable bonds is 7. The van der Waals surface area contributed by atoms with Gasteiger partial charge in [-0.3, -0.25) is 14.9 Å². The summed E-state index contributed by atoms with van der Waals surface area (Å²) in [6, 6.07) is 4.41. The van der Waals surface area contributed by atoms with Crippen molar-refractivity contribution in [2.45, 2.75) is 19.4 Å². The van der Waals surface area contributed by atoms with Crippen LogP contribution in [0.2, 0.25) is 0 Å². The number of carboxylic acid groups (broad SMARTS) is 1. The number of non-ortho nitro benzene ring substituents is 1. The van der Waals surface area contributed by atoms with Crippen molar-refractivity contribution in [2.75, 3.05) is 12.8 Å². The topological polar surface area (TPSA) is 118 Å². The van der Waals surface area contributed by atoms with Gasteiger partial charge in [0.25, 0.3) is 5.69 Å². The molecule has 1 N–H and O–H groups in total. The van der Waals surface area contributed by atoms with Crippen molar-refractivity contribution in [1.82, 2.24) is 4.31 Å². The quantitative estimate of drug-likeness (QED) is 0.589. The Hall–Kier alpha value is -2.00. The second-order valence-corrected chi connectivity index (χ2v) is 6.67. The first-order valence-electron chi connectivity index (χ1n) is 6.07. The second-order valence-electron chi connectivity index (χ2n) is 4.52. The van der Waals surface area contributed by atoms with Gasteiger partial charge in [0.05, 0.1) is 10.7 Å². The van der Waals surface area contributed by atoms with Gasteiger partial charge >= 0.3 is 5.97 Å². The molecular formula is C12H16N2O6S. The highest BCUT2D eigenvalue weighted by Crippen LogP contribution is 2.14. The number of carbonyl (C=O) groups is 1. The van der Waals surface area contributed by atoms with Gasteiger partial charge in [0.15, 0.2) is 0 Å². The number of nitrogens with zero attached hydrogens (tertiary/aromatic N) is 2. The molecule has 0 bridgehead atoms. The standard InChI is InChI=1S/C12H16N2O6S/c1-9(12(15)16)13(2)21(19,20)8-7-10-3-5-11(6-4-10)14(17)18/h3-6,9H,7-8H2,1-2H3,(H,15,16). The van der Waals surface area contributed by atoms with Crippen LogP contribution in [0, 0.1) is 10.1 Å². The van der Waals surface area contributed by atoms with E-state index in [9.17, 15) is 23.3 Å². The fourth-order valence-electron chi connectivity index (χ4n) is 1.57. The first-order valence-corrected chi connectivity index (χ1v) is 7.68. The third-order valence-electron chi connectivity index (χ3n) is 3.14. The number of aryl methyl sites for hydroxylation is 1. The number of hydrogen-bond acceptors (Lipinski definition) is 5. The predicted molar refractivity (Wildman–Crippen MR) is 75.4 cm³/mol. The summed E-state index contributed by atoms with van der Waals surface area (Å²) in [4.78, 5) is 20.8. The van der Waals surface area contributed by atoms with Crippen LogP contribution in [0.4, 0.5) is 5.69 Å². The number of nitro benzene ring substituents is 1. The Balaban J connectivity index is 2.73. The largest absolute Gasteiger partial charge is 0.480 e. The van der Waals surface area contributed by atoms with E-state index < -0.39 is 27.0 Å². The lowest BCUT2D eigenvalue weighted by Crippen LogP contribution is -2.41. The third kappa shape index (κ3) is 4.50. The normalized spacial score (nSPS) is 13.1. The van der Waals surface area contributed by atoms with Crippen LogP contribution in [0.15, 0.2) is 24.3 Å². The zero-order chi connectivity index (χ0) is 16.2. The number of nitro groups is 1. The van der Waals surface area contributed by atoms with Crippen molar-refractivity contribution in [3.8, 4) is 0 Å². The van der Waals surface area contributed by atoms with Crippen molar-refractivity contribution in [3.63, 3.8) is 0 Å². The molecule has 0 radical (unpaired) electrons. The maximum Gasteiger partial charge on any atom is 0.321 e. The molecule has 1 aromatic rings. The minimum atomic E-state index is -3.71. The van der Waals surface area contributed by atoms with Crippen LogP contribution in [-0.4, -0.2) is 47.6 Å². The molecule has 0 saturated carbocycles. The van der Waals surface area contributed by atoms with Crippen LogP contribution in [0.3, 0.4) is 0 Å². The van der Waals surface area contributed by atoms with Gasteiger partial charge in [-0.2, -0.15) is 4.31 Å². The van der Waals surface area contributed by atoms with Gasteiger partial charge in [-0.15, -0.1) is 0 Å². The first-order chi connectivity index (χ1) is 9.65. The number of likely N-dealkylation sites (N-methyl/N-ethyl adjacent to an activating group) is 1. The zero-order valence-corrected chi connectivity index (χ0v) is 12.4. The maximum atomic E-state index is 12.0. The van der Waals surface area contributed by atoms with Gasteiger partial charge in [0, 0.05) is 19.2 Å². The molecule has 1 unspecified atom stereocenters. The second kappa shape index (κ2) is 6.64. The number of sulfonamides is 1. The summed E-state index contributed by atoms with van der Waals surface area (Å²) in [5.74, 6) is -1.49. The number of aliphatic carboxylic acids is 1. The molecule has 9 heteroatoms. The minimum absolute atomic E-state index is 0.0711. The van der Waals surface area contributed by atoms with Crippen molar-refractivity contribution in [2.24, 2.45) is 0 Å². The lowest BCUT2D eigenvalue weighted by atomic mass is 10.1. The van der Waals surface area contributed by atoms with Crippen LogP contribution >= 0.6 is 0 Å². The molecule has 21 heavy (non-hydrogen) atoms. The molecule has 116 valence electrons. The van der Waals surface area contributed by atoms with E-state index >= 15 is 0 Å². The van der Waals surface area contributed by atoms with E-state index in [0.717, 1.165) is 4.31 Å². The van der Waals surface area contributed by atoms with Crippen LogP contribution in [0.25, 0.3) is 0 Å². The molecule has 0 aliphatic carbocycles. The Labute approximate surface area is 122 Å². The highest BCUT2D eigenvalue weighted by molar-refractivity contribution is 7.89. The molecule has 1 rings (SSSR count). The van der Waals surface area contributed by atoms with Crippen LogP contribution in [-0.2, 0) is 21.2 Å². The molecule has 0 saturated heterocycles. The molecule has 0 aromatic heterocycles. The molecule has 0 spiro atoms. The van der Waals surface area contributed by atoms with Crippen LogP contribution in [0.1, 0.15) is 12.5 Å². The zero-order valence-electron chi connectivity index (χ0n) is 11.6. The van der Waals surface area contributed by atoms with Crippen LogP contribution in [0.5, 0.6) is 0 Å². The van der Waals surface area contributed by atoms with Gasteiger partial charge in [0.1, 0.15) is 6.04 Å². The van der Waals surface area contributed by atoms with Gasteiger partial charge in [-0.25, -0.2) is 8.42 Å². The van der Waals surface area contributed by atoms with E-state index in [2.05, 4.69) is 0 Å². The lowest BCUT2D eigenvalue weighted by Gasteiger charge is -2.20. The summed E-state index contributed by atoms with van der Waals surface area (Å²) in [6.45, 7) is 1.28. The molecular weight excluding hydrogens is 300 g/mol. The molecule has 0 amide bonds. The highest BCUT2D eigenvalue weighted by Gasteiger charge is 2.27. The Morgan fingerprint density at radius 1 is 1.38 bits per heavy atom. The SMILES string of the molecule is CC(C(=O)O)N(C)S(=O)(=O)CCc1ccc([N+](=O)[O-])cc1. The Bertz CT molecular complexity index is 626. The van der Waals surface area contributed by atoms with Gasteiger partial charge in [0.2, 0.25) is 10.0 Å². The summed E-state index contributed by atoms with van der Waals surface area (Å²) >= 11 is 0. The number of carboxylic acids is 1. The summed E-state index contributed by atoms with van der Waals surface area (Å²) < 4.78 is 24.8. The van der Waals surface area contributed by atoms with E-state index in [0.29, 0.717) is 5.56 Å². The fourth-order valence-corrected chi connectivity index (χ4v) is 2.93. The molecule has 1 aromatic carbocycles. The van der Waals surface area contributed by atoms with E-state index in [4.69, 9.17) is 5.11 Å². The Morgan fingerprint density at radius 2 is 1.90 bits per heavy atom. The fraction of sp³-hybridized carbons (Fsp3) is 0.417. The van der Waals surface area contributed by atoms with Gasteiger partial charge in [-0.05, 0) is 18.9 Å². The molecule has 0 fully saturated rings. The number of benzene rings is 1. The Kier molecular flexibility index (Phi) is 5.39. The minimum Gasteiger partial charge on any atom is -0.480 e.